The molecule has 2 aromatic rings. The van der Waals surface area contributed by atoms with E-state index in [2.05, 4.69) is 10.6 Å². The zero-order valence-electron chi connectivity index (χ0n) is 20.2. The van der Waals surface area contributed by atoms with E-state index in [1.54, 1.807) is 26.3 Å². The Morgan fingerprint density at radius 1 is 1.14 bits per heavy atom. The summed E-state index contributed by atoms with van der Waals surface area (Å²) in [5.74, 6) is -0.276. The Labute approximate surface area is 203 Å². The third-order valence-corrected chi connectivity index (χ3v) is 6.32. The maximum Gasteiger partial charge on any atom is 0.322 e. The number of rotatable bonds is 7. The van der Waals surface area contributed by atoms with Crippen molar-refractivity contribution in [2.75, 3.05) is 26.0 Å². The minimum absolute atomic E-state index is 0.124. The van der Waals surface area contributed by atoms with E-state index in [0.717, 1.165) is 5.56 Å². The Kier molecular flexibility index (Phi) is 6.77. The second-order valence-corrected chi connectivity index (χ2v) is 9.15. The van der Waals surface area contributed by atoms with Gasteiger partial charge in [-0.1, -0.05) is 26.0 Å². The standard InChI is InChI=1S/C26H29FN4O4/c1-15(2)13-20(24(32)28-18-9-7-17(27)8-10-18)31-14-21-22(25(31)33)23(29-26(34)30(21)3)16-5-11-19(35-4)12-6-16/h5-12,15,20,23H,13-14H2,1-4H3,(H,28,32)(H,29,34)/t20-,23+/m1/s1. The van der Waals surface area contributed by atoms with Gasteiger partial charge >= 0.3 is 6.03 Å². The Morgan fingerprint density at radius 3 is 2.40 bits per heavy atom. The van der Waals surface area contributed by atoms with E-state index < -0.39 is 17.9 Å². The predicted octanol–water partition coefficient (Wildman–Crippen LogP) is 3.68. The van der Waals surface area contributed by atoms with Gasteiger partial charge < -0.3 is 20.3 Å². The van der Waals surface area contributed by atoms with Gasteiger partial charge in [-0.2, -0.15) is 0 Å². The van der Waals surface area contributed by atoms with Gasteiger partial charge in [0.25, 0.3) is 5.91 Å². The monoisotopic (exact) mass is 480 g/mol. The van der Waals surface area contributed by atoms with Crippen molar-refractivity contribution in [3.05, 3.63) is 71.2 Å². The van der Waals surface area contributed by atoms with Crippen LogP contribution in [0.2, 0.25) is 0 Å². The van der Waals surface area contributed by atoms with Crippen LogP contribution in [0.1, 0.15) is 31.9 Å². The van der Waals surface area contributed by atoms with Crippen LogP contribution >= 0.6 is 0 Å². The Morgan fingerprint density at radius 2 is 1.80 bits per heavy atom. The molecule has 0 spiro atoms. The minimum Gasteiger partial charge on any atom is -0.497 e. The number of benzene rings is 2. The van der Waals surface area contributed by atoms with Crippen molar-refractivity contribution in [3.63, 3.8) is 0 Å². The number of carbonyl (C=O) groups is 3. The molecule has 35 heavy (non-hydrogen) atoms. The van der Waals surface area contributed by atoms with Crippen LogP contribution in [0.3, 0.4) is 0 Å². The summed E-state index contributed by atoms with van der Waals surface area (Å²) in [7, 11) is 3.18. The number of amides is 4. The molecule has 0 aromatic heterocycles. The molecule has 9 heteroatoms. The summed E-state index contributed by atoms with van der Waals surface area (Å²) in [5, 5.41) is 5.70. The van der Waals surface area contributed by atoms with E-state index in [1.807, 2.05) is 26.0 Å². The summed E-state index contributed by atoms with van der Waals surface area (Å²) in [4.78, 5) is 42.7. The van der Waals surface area contributed by atoms with Gasteiger partial charge in [-0.25, -0.2) is 9.18 Å². The van der Waals surface area contributed by atoms with E-state index in [9.17, 15) is 18.8 Å². The lowest BCUT2D eigenvalue weighted by Crippen LogP contribution is -2.47. The van der Waals surface area contributed by atoms with Crippen LogP contribution in [0.5, 0.6) is 5.75 Å². The number of urea groups is 1. The molecule has 2 atom stereocenters. The van der Waals surface area contributed by atoms with E-state index in [1.165, 1.54) is 34.1 Å². The number of nitrogens with one attached hydrogen (secondary N) is 2. The summed E-state index contributed by atoms with van der Waals surface area (Å²) >= 11 is 0. The van der Waals surface area contributed by atoms with Crippen LogP contribution in [-0.2, 0) is 9.59 Å². The number of hydrogen-bond donors (Lipinski definition) is 2. The van der Waals surface area contributed by atoms with E-state index in [4.69, 9.17) is 4.74 Å². The molecule has 0 fully saturated rings. The van der Waals surface area contributed by atoms with E-state index >= 15 is 0 Å². The maximum absolute atomic E-state index is 13.8. The first kappa shape index (κ1) is 24.3. The number of halogens is 1. The second-order valence-electron chi connectivity index (χ2n) is 9.15. The third-order valence-electron chi connectivity index (χ3n) is 6.32. The number of carbonyl (C=O) groups excluding carboxylic acids is 3. The van der Waals surface area contributed by atoms with Gasteiger partial charge in [-0.3, -0.25) is 14.5 Å². The highest BCUT2D eigenvalue weighted by Gasteiger charge is 2.46. The normalized spacial score (nSPS) is 18.5. The lowest BCUT2D eigenvalue weighted by Gasteiger charge is -2.31. The van der Waals surface area contributed by atoms with Crippen LogP contribution in [0.4, 0.5) is 14.9 Å². The first-order chi connectivity index (χ1) is 16.7. The summed E-state index contributed by atoms with van der Waals surface area (Å²) in [6, 6.07) is 10.9. The summed E-state index contributed by atoms with van der Waals surface area (Å²) < 4.78 is 18.5. The molecule has 0 saturated heterocycles. The summed E-state index contributed by atoms with van der Waals surface area (Å²) in [6.07, 6.45) is 0.428. The fraction of sp³-hybridized carbons (Fsp3) is 0.346. The molecule has 4 rings (SSSR count). The zero-order chi connectivity index (χ0) is 25.3. The molecule has 0 unspecified atom stereocenters. The summed E-state index contributed by atoms with van der Waals surface area (Å²) in [5.41, 5.74) is 2.20. The highest BCUT2D eigenvalue weighted by atomic mass is 19.1. The average molecular weight is 481 g/mol. The van der Waals surface area contributed by atoms with Gasteiger partial charge in [-0.05, 0) is 54.3 Å². The van der Waals surface area contributed by atoms with Crippen molar-refractivity contribution in [2.24, 2.45) is 5.92 Å². The topological polar surface area (TPSA) is 91.0 Å². The molecule has 0 aliphatic carbocycles. The Hall–Kier alpha value is -3.88. The summed E-state index contributed by atoms with van der Waals surface area (Å²) in [6.45, 7) is 4.09. The zero-order valence-corrected chi connectivity index (χ0v) is 20.2. The molecule has 2 heterocycles. The van der Waals surface area contributed by atoms with Crippen LogP contribution in [0.15, 0.2) is 59.8 Å². The molecule has 8 nitrogen and oxygen atoms in total. The average Bonchev–Trinajstić information content (AvgIpc) is 3.18. The molecular formula is C26H29FN4O4. The van der Waals surface area contributed by atoms with Gasteiger partial charge in [0, 0.05) is 12.7 Å². The van der Waals surface area contributed by atoms with Crippen molar-refractivity contribution in [2.45, 2.75) is 32.4 Å². The van der Waals surface area contributed by atoms with Crippen LogP contribution in [0, 0.1) is 11.7 Å². The van der Waals surface area contributed by atoms with Gasteiger partial charge in [-0.15, -0.1) is 0 Å². The van der Waals surface area contributed by atoms with Crippen molar-refractivity contribution in [1.82, 2.24) is 15.1 Å². The third kappa shape index (κ3) is 4.84. The van der Waals surface area contributed by atoms with Gasteiger partial charge in [0.2, 0.25) is 5.91 Å². The lowest BCUT2D eigenvalue weighted by molar-refractivity contribution is -0.134. The molecule has 4 amide bonds. The molecular weight excluding hydrogens is 451 g/mol. The molecule has 2 aliphatic rings. The number of methoxy groups -OCH3 is 1. The van der Waals surface area contributed by atoms with Crippen LogP contribution in [-0.4, -0.2) is 54.4 Å². The molecule has 0 bridgehead atoms. The SMILES string of the molecule is COc1ccc([C@@H]2NC(=O)N(C)C3=C2C(=O)N([C@H](CC(C)C)C(=O)Nc2ccc(F)cc2)C3)cc1. The second kappa shape index (κ2) is 9.77. The smallest absolute Gasteiger partial charge is 0.322 e. The molecule has 2 aliphatic heterocycles. The molecule has 2 N–H and O–H groups in total. The highest BCUT2D eigenvalue weighted by molar-refractivity contribution is 6.05. The van der Waals surface area contributed by atoms with Crippen molar-refractivity contribution in [1.29, 1.82) is 0 Å². The van der Waals surface area contributed by atoms with Crippen molar-refractivity contribution < 1.29 is 23.5 Å². The maximum atomic E-state index is 13.8. The number of ether oxygens (including phenoxy) is 1. The van der Waals surface area contributed by atoms with Gasteiger partial charge in [0.05, 0.1) is 31.0 Å². The van der Waals surface area contributed by atoms with Crippen molar-refractivity contribution >= 4 is 23.5 Å². The van der Waals surface area contributed by atoms with Crippen LogP contribution < -0.4 is 15.4 Å². The predicted molar refractivity (Wildman–Crippen MR) is 129 cm³/mol. The van der Waals surface area contributed by atoms with Crippen LogP contribution in [0.25, 0.3) is 0 Å². The fourth-order valence-electron chi connectivity index (χ4n) is 4.47. The molecule has 0 saturated carbocycles. The first-order valence-corrected chi connectivity index (χ1v) is 11.5. The Bertz CT molecular complexity index is 1160. The molecule has 0 radical (unpaired) electrons. The minimum atomic E-state index is -0.766. The lowest BCUT2D eigenvalue weighted by atomic mass is 9.95. The largest absolute Gasteiger partial charge is 0.497 e. The molecule has 2 aromatic carbocycles. The number of hydrogen-bond acceptors (Lipinski definition) is 4. The quantitative estimate of drug-likeness (QED) is 0.633. The van der Waals surface area contributed by atoms with Crippen molar-refractivity contribution in [3.8, 4) is 5.75 Å². The Balaban J connectivity index is 1.64. The number of likely N-dealkylation sites (N-methyl/N-ethyl adjacent to an activating group) is 1. The first-order valence-electron chi connectivity index (χ1n) is 11.5. The van der Waals surface area contributed by atoms with E-state index in [0.29, 0.717) is 29.1 Å². The molecule has 184 valence electrons. The van der Waals surface area contributed by atoms with Gasteiger partial charge in [0.1, 0.15) is 17.6 Å². The van der Waals surface area contributed by atoms with E-state index in [-0.39, 0.29) is 30.3 Å². The highest BCUT2D eigenvalue weighted by Crippen LogP contribution is 2.37. The number of nitrogens with zero attached hydrogens (tertiary/aromatic N) is 2. The fourth-order valence-corrected chi connectivity index (χ4v) is 4.47. The number of anilines is 1. The van der Waals surface area contributed by atoms with Gasteiger partial charge in [0.15, 0.2) is 0 Å².